The van der Waals surface area contributed by atoms with Crippen molar-refractivity contribution in [3.8, 4) is 0 Å². The van der Waals surface area contributed by atoms with Gasteiger partial charge in [-0.2, -0.15) is 0 Å². The predicted molar refractivity (Wildman–Crippen MR) is 113 cm³/mol. The largest absolute Gasteiger partial charge is 0.453 e. The zero-order valence-electron chi connectivity index (χ0n) is 17.5. The zero-order valence-corrected chi connectivity index (χ0v) is 17.5. The molecular weight excluding hydrogens is 434 g/mol. The molecule has 0 aliphatic carbocycles. The number of ether oxygens (including phenoxy) is 4. The minimum atomic E-state index is -1.58. The maximum absolute atomic E-state index is 12.6. The van der Waals surface area contributed by atoms with Gasteiger partial charge in [0.15, 0.2) is 18.5 Å². The van der Waals surface area contributed by atoms with E-state index in [1.807, 2.05) is 0 Å². The standard InChI is InChI=1S/C22H23N3O8/c23-25-24-11-12-30-22-19(33-21(29)15-9-5-2-6-10-15)17(27)18(16(13-26)31-22)32-20(28)14-7-3-1-4-8-14/h1-10,16-19,22,26-27H,11-13H2. The van der Waals surface area contributed by atoms with E-state index in [0.717, 1.165) is 0 Å². The summed E-state index contributed by atoms with van der Waals surface area (Å²) in [5, 5.41) is 24.1. The van der Waals surface area contributed by atoms with Crippen molar-refractivity contribution in [2.75, 3.05) is 19.8 Å². The van der Waals surface area contributed by atoms with E-state index in [9.17, 15) is 19.8 Å². The van der Waals surface area contributed by atoms with Gasteiger partial charge in [-0.15, -0.1) is 0 Å². The van der Waals surface area contributed by atoms with Crippen molar-refractivity contribution < 1.29 is 38.7 Å². The van der Waals surface area contributed by atoms with E-state index in [1.165, 1.54) is 24.3 Å². The van der Waals surface area contributed by atoms with E-state index in [2.05, 4.69) is 10.0 Å². The molecule has 33 heavy (non-hydrogen) atoms. The van der Waals surface area contributed by atoms with Gasteiger partial charge in [0.2, 0.25) is 0 Å². The summed E-state index contributed by atoms with van der Waals surface area (Å²) in [4.78, 5) is 27.8. The van der Waals surface area contributed by atoms with Crippen molar-refractivity contribution >= 4 is 11.9 Å². The lowest BCUT2D eigenvalue weighted by Crippen LogP contribution is -2.61. The number of aliphatic hydroxyl groups is 2. The number of hydrogen-bond donors (Lipinski definition) is 2. The molecule has 11 heteroatoms. The summed E-state index contributed by atoms with van der Waals surface area (Å²) in [5.41, 5.74) is 8.87. The fourth-order valence-corrected chi connectivity index (χ4v) is 3.23. The number of nitrogens with zero attached hydrogens (tertiary/aromatic N) is 3. The monoisotopic (exact) mass is 457 g/mol. The van der Waals surface area contributed by atoms with Crippen LogP contribution in [0.1, 0.15) is 20.7 Å². The quantitative estimate of drug-likeness (QED) is 0.190. The number of esters is 2. The van der Waals surface area contributed by atoms with Crippen molar-refractivity contribution in [2.45, 2.75) is 30.7 Å². The first-order chi connectivity index (χ1) is 16.0. The molecule has 11 nitrogen and oxygen atoms in total. The van der Waals surface area contributed by atoms with Gasteiger partial charge in [0.1, 0.15) is 12.2 Å². The van der Waals surface area contributed by atoms with Gasteiger partial charge in [-0.25, -0.2) is 9.59 Å². The molecule has 0 spiro atoms. The Hall–Kier alpha value is -3.47. The van der Waals surface area contributed by atoms with Crippen LogP contribution in [0.3, 0.4) is 0 Å². The lowest BCUT2D eigenvalue weighted by Gasteiger charge is -2.42. The SMILES string of the molecule is [N-]=[N+]=NCCOC1OC(CO)C(OC(=O)c2ccccc2)C(O)C1OC(=O)c1ccccc1. The summed E-state index contributed by atoms with van der Waals surface area (Å²) in [6.45, 7) is -0.755. The second-order valence-electron chi connectivity index (χ2n) is 7.01. The fourth-order valence-electron chi connectivity index (χ4n) is 3.23. The number of carbonyl (C=O) groups excluding carboxylic acids is 2. The highest BCUT2D eigenvalue weighted by Gasteiger charge is 2.50. The molecule has 1 aliphatic heterocycles. The Morgan fingerprint density at radius 3 is 2.03 bits per heavy atom. The number of carbonyl (C=O) groups is 2. The number of aliphatic hydroxyl groups excluding tert-OH is 2. The van der Waals surface area contributed by atoms with Crippen LogP contribution in [-0.2, 0) is 18.9 Å². The van der Waals surface area contributed by atoms with Crippen LogP contribution in [-0.4, -0.2) is 72.6 Å². The molecule has 5 atom stereocenters. The molecule has 3 rings (SSSR count). The molecule has 0 aromatic heterocycles. The van der Waals surface area contributed by atoms with Crippen LogP contribution in [0.25, 0.3) is 10.4 Å². The Morgan fingerprint density at radius 2 is 1.52 bits per heavy atom. The Labute approximate surface area is 189 Å². The van der Waals surface area contributed by atoms with Crippen LogP contribution in [0.15, 0.2) is 65.8 Å². The van der Waals surface area contributed by atoms with Crippen molar-refractivity contribution in [3.63, 3.8) is 0 Å². The third-order valence-corrected chi connectivity index (χ3v) is 4.84. The minimum Gasteiger partial charge on any atom is -0.453 e. The smallest absolute Gasteiger partial charge is 0.338 e. The summed E-state index contributed by atoms with van der Waals surface area (Å²) in [6.07, 6.45) is -6.82. The number of hydrogen-bond acceptors (Lipinski definition) is 9. The van der Waals surface area contributed by atoms with E-state index in [4.69, 9.17) is 24.5 Å². The van der Waals surface area contributed by atoms with E-state index >= 15 is 0 Å². The van der Waals surface area contributed by atoms with Crippen LogP contribution < -0.4 is 0 Å². The summed E-state index contributed by atoms with van der Waals surface area (Å²) in [5.74, 6) is -1.51. The van der Waals surface area contributed by atoms with E-state index in [-0.39, 0.29) is 24.3 Å². The maximum atomic E-state index is 12.6. The van der Waals surface area contributed by atoms with Crippen LogP contribution in [0.2, 0.25) is 0 Å². The molecule has 0 amide bonds. The highest BCUT2D eigenvalue weighted by atomic mass is 16.7. The molecule has 1 saturated heterocycles. The molecule has 1 heterocycles. The highest BCUT2D eigenvalue weighted by Crippen LogP contribution is 2.28. The Morgan fingerprint density at radius 1 is 0.970 bits per heavy atom. The van der Waals surface area contributed by atoms with Crippen LogP contribution in [0.4, 0.5) is 0 Å². The number of rotatable bonds is 9. The fraction of sp³-hybridized carbons (Fsp3) is 0.364. The van der Waals surface area contributed by atoms with Crippen LogP contribution in [0, 0.1) is 0 Å². The second-order valence-corrected chi connectivity index (χ2v) is 7.01. The van der Waals surface area contributed by atoms with Crippen LogP contribution in [0.5, 0.6) is 0 Å². The number of azide groups is 1. The topological polar surface area (TPSA) is 160 Å². The van der Waals surface area contributed by atoms with Gasteiger partial charge in [0.05, 0.1) is 24.3 Å². The first-order valence-corrected chi connectivity index (χ1v) is 10.1. The average molecular weight is 457 g/mol. The van der Waals surface area contributed by atoms with Gasteiger partial charge in [-0.1, -0.05) is 41.5 Å². The van der Waals surface area contributed by atoms with Gasteiger partial charge in [-0.3, -0.25) is 0 Å². The molecule has 0 saturated carbocycles. The Bertz CT molecular complexity index is 968. The number of benzene rings is 2. The molecule has 2 aromatic rings. The second kappa shape index (κ2) is 12.0. The molecule has 174 valence electrons. The molecule has 5 unspecified atom stereocenters. The Balaban J connectivity index is 1.81. The first kappa shape index (κ1) is 24.2. The zero-order chi connectivity index (χ0) is 23.6. The first-order valence-electron chi connectivity index (χ1n) is 10.1. The summed E-state index contributed by atoms with van der Waals surface area (Å²) < 4.78 is 22.0. The molecule has 0 bridgehead atoms. The van der Waals surface area contributed by atoms with Crippen molar-refractivity contribution in [1.82, 2.24) is 0 Å². The molecule has 1 aliphatic rings. The molecule has 2 N–H and O–H groups in total. The van der Waals surface area contributed by atoms with E-state index in [1.54, 1.807) is 36.4 Å². The molecule has 1 fully saturated rings. The van der Waals surface area contributed by atoms with Crippen LogP contribution >= 0.6 is 0 Å². The minimum absolute atomic E-state index is 0.0397. The van der Waals surface area contributed by atoms with Gasteiger partial charge in [0.25, 0.3) is 0 Å². The third kappa shape index (κ3) is 6.28. The summed E-state index contributed by atoms with van der Waals surface area (Å²) in [6, 6.07) is 16.1. The lowest BCUT2D eigenvalue weighted by molar-refractivity contribution is -0.298. The summed E-state index contributed by atoms with van der Waals surface area (Å²) in [7, 11) is 0. The van der Waals surface area contributed by atoms with Gasteiger partial charge in [-0.05, 0) is 29.8 Å². The highest BCUT2D eigenvalue weighted by molar-refractivity contribution is 5.90. The third-order valence-electron chi connectivity index (χ3n) is 4.84. The van der Waals surface area contributed by atoms with Gasteiger partial charge < -0.3 is 29.2 Å². The average Bonchev–Trinajstić information content (AvgIpc) is 2.86. The lowest BCUT2D eigenvalue weighted by atomic mass is 9.98. The van der Waals surface area contributed by atoms with Crippen molar-refractivity contribution in [1.29, 1.82) is 0 Å². The van der Waals surface area contributed by atoms with E-state index < -0.39 is 49.3 Å². The Kier molecular flexibility index (Phi) is 8.76. The summed E-state index contributed by atoms with van der Waals surface area (Å²) >= 11 is 0. The predicted octanol–water partition coefficient (Wildman–Crippen LogP) is 1.84. The molecule has 0 radical (unpaired) electrons. The maximum Gasteiger partial charge on any atom is 0.338 e. The van der Waals surface area contributed by atoms with Gasteiger partial charge >= 0.3 is 11.9 Å². The molecule has 2 aromatic carbocycles. The normalized spacial score (nSPS) is 24.4. The van der Waals surface area contributed by atoms with Crippen molar-refractivity contribution in [3.05, 3.63) is 82.2 Å². The van der Waals surface area contributed by atoms with E-state index in [0.29, 0.717) is 0 Å². The molecular formula is C22H23N3O8. The van der Waals surface area contributed by atoms with Gasteiger partial charge in [0, 0.05) is 11.5 Å². The van der Waals surface area contributed by atoms with Crippen molar-refractivity contribution in [2.24, 2.45) is 5.11 Å².